The van der Waals surface area contributed by atoms with Crippen molar-refractivity contribution in [3.05, 3.63) is 0 Å². The Bertz CT molecular complexity index is 251. The zero-order valence-corrected chi connectivity index (χ0v) is 13.7. The van der Waals surface area contributed by atoms with Crippen LogP contribution in [0.3, 0.4) is 0 Å². The molecule has 112 valence electrons. The number of rotatable bonds is 6. The number of hydrogen-bond donors (Lipinski definition) is 1. The van der Waals surface area contributed by atoms with Crippen molar-refractivity contribution >= 4 is 11.8 Å². The molecular weight excluding hydrogens is 252 g/mol. The lowest BCUT2D eigenvalue weighted by Crippen LogP contribution is -2.42. The zero-order chi connectivity index (χ0) is 13.6. The molecule has 2 aliphatic rings. The predicted octanol–water partition coefficient (Wildman–Crippen LogP) is 3.52. The third-order valence-corrected chi connectivity index (χ3v) is 6.64. The van der Waals surface area contributed by atoms with Crippen LogP contribution in [0.5, 0.6) is 0 Å². The van der Waals surface area contributed by atoms with Crippen molar-refractivity contribution < 1.29 is 0 Å². The fourth-order valence-electron chi connectivity index (χ4n) is 3.74. The first kappa shape index (κ1) is 15.7. The normalized spacial score (nSPS) is 28.4. The SMILES string of the molecule is CSC1(CNCCC2CCCCN2C)CCCCC1. The molecule has 0 aromatic carbocycles. The molecule has 1 aliphatic carbocycles. The van der Waals surface area contributed by atoms with E-state index in [0.717, 1.165) is 6.04 Å². The average molecular weight is 285 g/mol. The number of likely N-dealkylation sites (tertiary alicyclic amines) is 1. The summed E-state index contributed by atoms with van der Waals surface area (Å²) >= 11 is 2.11. The Kier molecular flexibility index (Phi) is 6.51. The van der Waals surface area contributed by atoms with Gasteiger partial charge in [0.05, 0.1) is 0 Å². The summed E-state index contributed by atoms with van der Waals surface area (Å²) in [4.78, 5) is 2.57. The maximum Gasteiger partial charge on any atom is 0.0281 e. The number of thioether (sulfide) groups is 1. The quantitative estimate of drug-likeness (QED) is 0.751. The van der Waals surface area contributed by atoms with Crippen LogP contribution in [0.4, 0.5) is 0 Å². The molecule has 0 aromatic heterocycles. The zero-order valence-electron chi connectivity index (χ0n) is 12.9. The van der Waals surface area contributed by atoms with Crippen molar-refractivity contribution in [2.24, 2.45) is 0 Å². The van der Waals surface area contributed by atoms with E-state index < -0.39 is 0 Å². The van der Waals surface area contributed by atoms with Gasteiger partial charge in [-0.3, -0.25) is 0 Å². The molecule has 2 fully saturated rings. The van der Waals surface area contributed by atoms with Gasteiger partial charge in [0.2, 0.25) is 0 Å². The second-order valence-electron chi connectivity index (χ2n) is 6.54. The number of piperidine rings is 1. The van der Waals surface area contributed by atoms with E-state index in [9.17, 15) is 0 Å². The van der Waals surface area contributed by atoms with Crippen LogP contribution >= 0.6 is 11.8 Å². The van der Waals surface area contributed by atoms with Crippen LogP contribution in [0.15, 0.2) is 0 Å². The van der Waals surface area contributed by atoms with Gasteiger partial charge >= 0.3 is 0 Å². The molecule has 0 radical (unpaired) electrons. The predicted molar refractivity (Wildman–Crippen MR) is 87.1 cm³/mol. The Hall–Kier alpha value is 0.270. The lowest BCUT2D eigenvalue weighted by molar-refractivity contribution is 0.175. The summed E-state index contributed by atoms with van der Waals surface area (Å²) in [5, 5.41) is 3.77. The van der Waals surface area contributed by atoms with Crippen molar-refractivity contribution in [3.8, 4) is 0 Å². The lowest BCUT2D eigenvalue weighted by atomic mass is 9.88. The minimum absolute atomic E-state index is 0.552. The molecule has 3 heteroatoms. The Morgan fingerprint density at radius 3 is 2.63 bits per heavy atom. The molecule has 1 N–H and O–H groups in total. The number of nitrogens with one attached hydrogen (secondary N) is 1. The Balaban J connectivity index is 1.65. The highest BCUT2D eigenvalue weighted by atomic mass is 32.2. The largest absolute Gasteiger partial charge is 0.315 e. The second kappa shape index (κ2) is 7.90. The number of hydrogen-bond acceptors (Lipinski definition) is 3. The van der Waals surface area contributed by atoms with Gasteiger partial charge in [-0.15, -0.1) is 0 Å². The fourth-order valence-corrected chi connectivity index (χ4v) is 4.69. The van der Waals surface area contributed by atoms with Crippen LogP contribution in [-0.4, -0.2) is 48.6 Å². The highest BCUT2D eigenvalue weighted by molar-refractivity contribution is 8.00. The summed E-state index contributed by atoms with van der Waals surface area (Å²) in [6.45, 7) is 3.74. The van der Waals surface area contributed by atoms with Gasteiger partial charge in [-0.1, -0.05) is 25.7 Å². The van der Waals surface area contributed by atoms with E-state index in [-0.39, 0.29) is 0 Å². The van der Waals surface area contributed by atoms with Gasteiger partial charge in [-0.25, -0.2) is 0 Å². The van der Waals surface area contributed by atoms with E-state index in [1.54, 1.807) is 0 Å². The van der Waals surface area contributed by atoms with Gasteiger partial charge in [-0.2, -0.15) is 11.8 Å². The highest BCUT2D eigenvalue weighted by Crippen LogP contribution is 2.37. The maximum atomic E-state index is 3.77. The van der Waals surface area contributed by atoms with Crippen molar-refractivity contribution in [2.75, 3.05) is 32.9 Å². The summed E-state index contributed by atoms with van der Waals surface area (Å²) < 4.78 is 0.552. The molecule has 1 aliphatic heterocycles. The summed E-state index contributed by atoms with van der Waals surface area (Å²) in [5.74, 6) is 0. The molecular formula is C16H32N2S. The minimum Gasteiger partial charge on any atom is -0.315 e. The van der Waals surface area contributed by atoms with E-state index in [1.165, 1.54) is 77.4 Å². The fraction of sp³-hybridized carbons (Fsp3) is 1.00. The number of nitrogens with zero attached hydrogens (tertiary/aromatic N) is 1. The first-order chi connectivity index (χ1) is 9.26. The van der Waals surface area contributed by atoms with Crippen molar-refractivity contribution in [2.45, 2.75) is 68.6 Å². The van der Waals surface area contributed by atoms with Gasteiger partial charge in [0.15, 0.2) is 0 Å². The van der Waals surface area contributed by atoms with Crippen LogP contribution in [0, 0.1) is 0 Å². The Morgan fingerprint density at radius 1 is 1.16 bits per heavy atom. The topological polar surface area (TPSA) is 15.3 Å². The van der Waals surface area contributed by atoms with Gasteiger partial charge in [0.25, 0.3) is 0 Å². The van der Waals surface area contributed by atoms with E-state index in [4.69, 9.17) is 0 Å². The van der Waals surface area contributed by atoms with E-state index in [2.05, 4.69) is 35.3 Å². The van der Waals surface area contributed by atoms with Gasteiger partial charge in [0, 0.05) is 17.3 Å². The average Bonchev–Trinajstić information content (AvgIpc) is 2.46. The molecule has 0 bridgehead atoms. The standard InChI is InChI=1S/C16H32N2S/c1-18-13-7-4-8-15(18)9-12-17-14-16(19-2)10-5-3-6-11-16/h15,17H,3-14H2,1-2H3. The molecule has 19 heavy (non-hydrogen) atoms. The highest BCUT2D eigenvalue weighted by Gasteiger charge is 2.30. The van der Waals surface area contributed by atoms with Crippen LogP contribution in [-0.2, 0) is 0 Å². The first-order valence-electron chi connectivity index (χ1n) is 8.22. The van der Waals surface area contributed by atoms with E-state index in [1.807, 2.05) is 0 Å². The van der Waals surface area contributed by atoms with Crippen molar-refractivity contribution in [1.29, 1.82) is 0 Å². The molecule has 1 saturated heterocycles. The van der Waals surface area contributed by atoms with Crippen molar-refractivity contribution in [3.63, 3.8) is 0 Å². The van der Waals surface area contributed by atoms with E-state index in [0.29, 0.717) is 4.75 Å². The molecule has 1 unspecified atom stereocenters. The third-order valence-electron chi connectivity index (χ3n) is 5.22. The molecule has 1 heterocycles. The summed E-state index contributed by atoms with van der Waals surface area (Å²) in [5.41, 5.74) is 0. The van der Waals surface area contributed by atoms with E-state index >= 15 is 0 Å². The maximum absolute atomic E-state index is 3.77. The molecule has 0 aromatic rings. The Labute approximate surface area is 124 Å². The molecule has 1 saturated carbocycles. The second-order valence-corrected chi connectivity index (χ2v) is 7.82. The molecule has 2 nitrogen and oxygen atoms in total. The van der Waals surface area contributed by atoms with Crippen LogP contribution in [0.1, 0.15) is 57.8 Å². The van der Waals surface area contributed by atoms with Crippen LogP contribution in [0.2, 0.25) is 0 Å². The molecule has 1 atom stereocenters. The van der Waals surface area contributed by atoms with Crippen LogP contribution in [0.25, 0.3) is 0 Å². The minimum atomic E-state index is 0.552. The Morgan fingerprint density at radius 2 is 1.95 bits per heavy atom. The summed E-state index contributed by atoms with van der Waals surface area (Å²) in [7, 11) is 2.30. The first-order valence-corrected chi connectivity index (χ1v) is 9.44. The monoisotopic (exact) mass is 284 g/mol. The lowest BCUT2D eigenvalue weighted by Gasteiger charge is -2.37. The summed E-state index contributed by atoms with van der Waals surface area (Å²) in [6, 6.07) is 0.831. The van der Waals surface area contributed by atoms with Gasteiger partial charge < -0.3 is 10.2 Å². The summed E-state index contributed by atoms with van der Waals surface area (Å²) in [6.07, 6.45) is 15.1. The molecule has 0 spiro atoms. The van der Waals surface area contributed by atoms with Crippen molar-refractivity contribution in [1.82, 2.24) is 10.2 Å². The van der Waals surface area contributed by atoms with Gasteiger partial charge in [-0.05, 0) is 58.5 Å². The third kappa shape index (κ3) is 4.64. The molecule has 0 amide bonds. The molecule has 2 rings (SSSR count). The van der Waals surface area contributed by atoms with Gasteiger partial charge in [0.1, 0.15) is 0 Å². The smallest absolute Gasteiger partial charge is 0.0281 e. The van der Waals surface area contributed by atoms with Crippen LogP contribution < -0.4 is 5.32 Å².